The van der Waals surface area contributed by atoms with E-state index >= 15 is 0 Å². The summed E-state index contributed by atoms with van der Waals surface area (Å²) in [4.78, 5) is 11.3. The number of nitrogens with zero attached hydrogens (tertiary/aromatic N) is 4. The van der Waals surface area contributed by atoms with Crippen LogP contribution in [0.15, 0.2) is 83.7 Å². The van der Waals surface area contributed by atoms with Gasteiger partial charge in [0.25, 0.3) is 0 Å². The first kappa shape index (κ1) is 21.1. The van der Waals surface area contributed by atoms with Gasteiger partial charge in [-0.25, -0.2) is 4.98 Å². The molecule has 0 saturated carbocycles. The summed E-state index contributed by atoms with van der Waals surface area (Å²) in [5.41, 5.74) is 4.12. The van der Waals surface area contributed by atoms with E-state index in [4.69, 9.17) is 23.8 Å². The van der Waals surface area contributed by atoms with Crippen LogP contribution in [0.5, 0.6) is 0 Å². The highest BCUT2D eigenvalue weighted by molar-refractivity contribution is 9.10. The zero-order valence-electron chi connectivity index (χ0n) is 17.1. The van der Waals surface area contributed by atoms with Crippen LogP contribution in [-0.2, 0) is 0 Å². The standard InChI is InChI=1S/C24H19BrClN5S/c1-15-13-17(8-9-18(15)25)31-23(22(29-24(31)32)19-5-2-3-11-27-19)20-6-4-12-30(20)21-10-7-16(26)14-28-21/h2-14,22-23H,1H3,(H,29,32)/t22-,23+/m0/s1. The molecule has 1 saturated heterocycles. The highest BCUT2D eigenvalue weighted by atomic mass is 79.9. The molecule has 0 unspecified atom stereocenters. The largest absolute Gasteiger partial charge is 0.351 e. The molecule has 2 atom stereocenters. The minimum Gasteiger partial charge on any atom is -0.351 e. The van der Waals surface area contributed by atoms with Crippen molar-refractivity contribution in [3.8, 4) is 5.82 Å². The van der Waals surface area contributed by atoms with E-state index in [9.17, 15) is 0 Å². The van der Waals surface area contributed by atoms with Gasteiger partial charge < -0.3 is 14.8 Å². The second-order valence-corrected chi connectivity index (χ2v) is 9.25. The number of halogens is 2. The molecular formula is C24H19BrClN5S. The van der Waals surface area contributed by atoms with Gasteiger partial charge in [-0.05, 0) is 79.3 Å². The zero-order chi connectivity index (χ0) is 22.2. The summed E-state index contributed by atoms with van der Waals surface area (Å²) in [6.45, 7) is 2.08. The lowest BCUT2D eigenvalue weighted by atomic mass is 10.0. The lowest BCUT2D eigenvalue weighted by Crippen LogP contribution is -2.30. The van der Waals surface area contributed by atoms with Gasteiger partial charge in [0.1, 0.15) is 11.9 Å². The summed E-state index contributed by atoms with van der Waals surface area (Å²) in [6.07, 6.45) is 5.47. The summed E-state index contributed by atoms with van der Waals surface area (Å²) < 4.78 is 3.14. The van der Waals surface area contributed by atoms with Crippen molar-refractivity contribution in [2.75, 3.05) is 4.90 Å². The molecular weight excluding hydrogens is 506 g/mol. The predicted octanol–water partition coefficient (Wildman–Crippen LogP) is 6.17. The number of pyridine rings is 2. The number of benzene rings is 1. The first-order valence-corrected chi connectivity index (χ1v) is 11.7. The van der Waals surface area contributed by atoms with Crippen molar-refractivity contribution >= 4 is 50.5 Å². The lowest BCUT2D eigenvalue weighted by molar-refractivity contribution is 0.548. The molecule has 1 aliphatic rings. The average molecular weight is 525 g/mol. The van der Waals surface area contributed by atoms with Crippen LogP contribution < -0.4 is 10.2 Å². The van der Waals surface area contributed by atoms with Crippen LogP contribution in [0.2, 0.25) is 5.02 Å². The van der Waals surface area contributed by atoms with Crippen molar-refractivity contribution in [1.82, 2.24) is 19.9 Å². The molecule has 1 aromatic carbocycles. The molecule has 1 N–H and O–H groups in total. The molecule has 8 heteroatoms. The minimum absolute atomic E-state index is 0.131. The number of rotatable bonds is 4. The Morgan fingerprint density at radius 3 is 2.66 bits per heavy atom. The van der Waals surface area contributed by atoms with E-state index in [1.165, 1.54) is 0 Å². The van der Waals surface area contributed by atoms with Gasteiger partial charge in [0.05, 0.1) is 16.8 Å². The second-order valence-electron chi connectivity index (χ2n) is 7.57. The van der Waals surface area contributed by atoms with Crippen LogP contribution >= 0.6 is 39.7 Å². The minimum atomic E-state index is -0.134. The number of nitrogens with one attached hydrogen (secondary N) is 1. The van der Waals surface area contributed by atoms with E-state index in [1.807, 2.05) is 48.8 Å². The highest BCUT2D eigenvalue weighted by Gasteiger charge is 2.42. The molecule has 32 heavy (non-hydrogen) atoms. The van der Waals surface area contributed by atoms with Crippen LogP contribution in [0.3, 0.4) is 0 Å². The van der Waals surface area contributed by atoms with Crippen LogP contribution in [-0.4, -0.2) is 19.6 Å². The maximum absolute atomic E-state index is 6.07. The maximum Gasteiger partial charge on any atom is 0.174 e. The smallest absolute Gasteiger partial charge is 0.174 e. The number of hydrogen-bond acceptors (Lipinski definition) is 3. The molecule has 0 bridgehead atoms. The number of aryl methyl sites for hydroxylation is 1. The predicted molar refractivity (Wildman–Crippen MR) is 135 cm³/mol. The molecule has 4 aromatic rings. The van der Waals surface area contributed by atoms with Crippen molar-refractivity contribution in [1.29, 1.82) is 0 Å². The SMILES string of the molecule is Cc1cc(N2C(=S)N[C@@H](c3ccccn3)[C@H]2c2cccn2-c2ccc(Cl)cn2)ccc1Br. The third-order valence-corrected chi connectivity index (χ3v) is 6.99. The quantitative estimate of drug-likeness (QED) is 0.324. The molecule has 3 aromatic heterocycles. The van der Waals surface area contributed by atoms with Crippen LogP contribution in [0, 0.1) is 6.92 Å². The van der Waals surface area contributed by atoms with Gasteiger partial charge in [0.15, 0.2) is 5.11 Å². The molecule has 160 valence electrons. The normalized spacial score (nSPS) is 18.1. The summed E-state index contributed by atoms with van der Waals surface area (Å²) in [5, 5.41) is 4.77. The fraction of sp³-hybridized carbons (Fsp3) is 0.125. The molecule has 0 spiro atoms. The zero-order valence-corrected chi connectivity index (χ0v) is 20.3. The molecule has 0 amide bonds. The van der Waals surface area contributed by atoms with E-state index < -0.39 is 0 Å². The average Bonchev–Trinajstić information content (AvgIpc) is 3.41. The summed E-state index contributed by atoms with van der Waals surface area (Å²) >= 11 is 15.5. The van der Waals surface area contributed by atoms with Crippen molar-refractivity contribution < 1.29 is 0 Å². The Labute approximate surface area is 205 Å². The number of hydrogen-bond donors (Lipinski definition) is 1. The topological polar surface area (TPSA) is 46.0 Å². The number of aromatic nitrogens is 3. The van der Waals surface area contributed by atoms with E-state index in [2.05, 4.69) is 71.9 Å². The molecule has 0 radical (unpaired) electrons. The summed E-state index contributed by atoms with van der Waals surface area (Å²) in [5.74, 6) is 0.791. The molecule has 4 heterocycles. The Morgan fingerprint density at radius 2 is 1.94 bits per heavy atom. The van der Waals surface area contributed by atoms with Gasteiger partial charge in [-0.3, -0.25) is 4.98 Å². The molecule has 1 fully saturated rings. The fourth-order valence-corrected chi connectivity index (χ4v) is 4.77. The van der Waals surface area contributed by atoms with Gasteiger partial charge in [0, 0.05) is 34.4 Å². The van der Waals surface area contributed by atoms with Gasteiger partial charge in [-0.1, -0.05) is 33.6 Å². The molecule has 1 aliphatic heterocycles. The Balaban J connectivity index is 1.67. The Bertz CT molecular complexity index is 1280. The third kappa shape index (κ3) is 3.81. The Kier molecular flexibility index (Phi) is 5.71. The van der Waals surface area contributed by atoms with Crippen molar-refractivity contribution in [3.05, 3.63) is 106 Å². The second kappa shape index (κ2) is 8.65. The first-order valence-electron chi connectivity index (χ1n) is 10.1. The van der Waals surface area contributed by atoms with Gasteiger partial charge in [-0.2, -0.15) is 0 Å². The van der Waals surface area contributed by atoms with Gasteiger partial charge in [0.2, 0.25) is 0 Å². The number of thiocarbonyl (C=S) groups is 1. The van der Waals surface area contributed by atoms with Gasteiger partial charge >= 0.3 is 0 Å². The first-order chi connectivity index (χ1) is 15.5. The maximum atomic E-state index is 6.07. The summed E-state index contributed by atoms with van der Waals surface area (Å²) in [7, 11) is 0. The van der Waals surface area contributed by atoms with E-state index in [0.717, 1.165) is 32.9 Å². The molecule has 5 nitrogen and oxygen atoms in total. The van der Waals surface area contributed by atoms with Crippen LogP contribution in [0.1, 0.15) is 29.0 Å². The highest BCUT2D eigenvalue weighted by Crippen LogP contribution is 2.42. The molecule has 0 aliphatic carbocycles. The van der Waals surface area contributed by atoms with Gasteiger partial charge in [-0.15, -0.1) is 0 Å². The fourth-order valence-electron chi connectivity index (χ4n) is 4.07. The summed E-state index contributed by atoms with van der Waals surface area (Å²) in [6, 6.07) is 19.8. The van der Waals surface area contributed by atoms with Crippen LogP contribution in [0.4, 0.5) is 5.69 Å². The van der Waals surface area contributed by atoms with Crippen molar-refractivity contribution in [3.63, 3.8) is 0 Å². The van der Waals surface area contributed by atoms with E-state index in [-0.39, 0.29) is 12.1 Å². The van der Waals surface area contributed by atoms with Crippen LogP contribution in [0.25, 0.3) is 5.82 Å². The molecule has 5 rings (SSSR count). The number of anilines is 1. The lowest BCUT2D eigenvalue weighted by Gasteiger charge is -2.29. The van der Waals surface area contributed by atoms with Crippen molar-refractivity contribution in [2.45, 2.75) is 19.0 Å². The van der Waals surface area contributed by atoms with Crippen molar-refractivity contribution in [2.24, 2.45) is 0 Å². The monoisotopic (exact) mass is 523 g/mol. The van der Waals surface area contributed by atoms with E-state index in [0.29, 0.717) is 10.1 Å². The van der Waals surface area contributed by atoms with E-state index in [1.54, 1.807) is 6.20 Å². The Morgan fingerprint density at radius 1 is 1.06 bits per heavy atom. The Hall–Kier alpha value is -2.74. The third-order valence-electron chi connectivity index (χ3n) is 5.56.